The number of hydrogen-bond acceptors (Lipinski definition) is 1. The molecule has 10 rings (SSSR count). The van der Waals surface area contributed by atoms with E-state index in [-0.39, 0.29) is 0 Å². The lowest BCUT2D eigenvalue weighted by atomic mass is 9.97. The summed E-state index contributed by atoms with van der Waals surface area (Å²) in [5.41, 5.74) is 12.4. The molecule has 3 heterocycles. The average molecular weight is 586 g/mol. The summed E-state index contributed by atoms with van der Waals surface area (Å²) in [7, 11) is 0. The van der Waals surface area contributed by atoms with Gasteiger partial charge in [-0.25, -0.2) is 0 Å². The summed E-state index contributed by atoms with van der Waals surface area (Å²) in [6.07, 6.45) is 0. The molecule has 0 radical (unpaired) electrons. The third-order valence-corrected chi connectivity index (χ3v) is 9.57. The van der Waals surface area contributed by atoms with E-state index in [0.717, 1.165) is 44.2 Å². The molecule has 2 nitrogen and oxygen atoms in total. The lowest BCUT2D eigenvalue weighted by Gasteiger charge is -2.11. The van der Waals surface area contributed by atoms with Gasteiger partial charge in [-0.2, -0.15) is 0 Å². The van der Waals surface area contributed by atoms with Crippen LogP contribution in [0.1, 0.15) is 0 Å². The standard InChI is InChI=1S/C44H27NO/c1-3-13-28(14-4-1)31-20-11-22-36-37-23-12-21-32(44(37)46-43(31)36)30-25-26-38-40(27-30)45-39-24-10-9-18-34(39)33-17-7-8-19-35(33)42(45)41(38)29-15-5-2-6-16-29/h1-27H. The van der Waals surface area contributed by atoms with Crippen molar-refractivity contribution in [2.75, 3.05) is 0 Å². The summed E-state index contributed by atoms with van der Waals surface area (Å²) >= 11 is 0. The third-order valence-electron chi connectivity index (χ3n) is 9.57. The maximum absolute atomic E-state index is 6.82. The zero-order valence-corrected chi connectivity index (χ0v) is 24.9. The maximum atomic E-state index is 6.82. The Bertz CT molecular complexity index is 2790. The van der Waals surface area contributed by atoms with Gasteiger partial charge in [0.15, 0.2) is 0 Å². The number of rotatable bonds is 3. The van der Waals surface area contributed by atoms with Crippen molar-refractivity contribution in [1.82, 2.24) is 4.40 Å². The molecule has 214 valence electrons. The molecule has 0 aliphatic rings. The number of nitrogens with zero attached hydrogens (tertiary/aromatic N) is 1. The molecule has 0 amide bonds. The molecule has 0 atom stereocenters. The number of fused-ring (bicyclic) bond motifs is 11. The fourth-order valence-electron chi connectivity index (χ4n) is 7.57. The molecule has 0 saturated carbocycles. The number of benzene rings is 7. The molecule has 7 aromatic carbocycles. The minimum absolute atomic E-state index is 0.916. The highest BCUT2D eigenvalue weighted by molar-refractivity contribution is 6.22. The van der Waals surface area contributed by atoms with E-state index in [1.807, 2.05) is 0 Å². The molecule has 46 heavy (non-hydrogen) atoms. The monoisotopic (exact) mass is 585 g/mol. The Labute approximate surface area is 265 Å². The molecule has 0 spiro atoms. The Morgan fingerprint density at radius 1 is 0.348 bits per heavy atom. The fourth-order valence-corrected chi connectivity index (χ4v) is 7.57. The summed E-state index contributed by atoms with van der Waals surface area (Å²) in [5.74, 6) is 0. The molecular formula is C44H27NO. The van der Waals surface area contributed by atoms with E-state index in [4.69, 9.17) is 4.42 Å². The number of furan rings is 1. The maximum Gasteiger partial charge on any atom is 0.143 e. The quantitative estimate of drug-likeness (QED) is 0.189. The first-order valence-electron chi connectivity index (χ1n) is 15.8. The summed E-state index contributed by atoms with van der Waals surface area (Å²) < 4.78 is 9.30. The highest BCUT2D eigenvalue weighted by atomic mass is 16.3. The number of aromatic nitrogens is 1. The van der Waals surface area contributed by atoms with Crippen molar-refractivity contribution in [3.8, 4) is 33.4 Å². The van der Waals surface area contributed by atoms with Gasteiger partial charge in [0.05, 0.1) is 16.6 Å². The summed E-state index contributed by atoms with van der Waals surface area (Å²) in [6.45, 7) is 0. The smallest absolute Gasteiger partial charge is 0.143 e. The van der Waals surface area contributed by atoms with Crippen molar-refractivity contribution >= 4 is 60.0 Å². The molecule has 2 heteroatoms. The lowest BCUT2D eigenvalue weighted by molar-refractivity contribution is 0.671. The van der Waals surface area contributed by atoms with Crippen molar-refractivity contribution in [1.29, 1.82) is 0 Å². The van der Waals surface area contributed by atoms with Crippen LogP contribution in [0, 0.1) is 0 Å². The van der Waals surface area contributed by atoms with Crippen LogP contribution in [-0.4, -0.2) is 4.40 Å². The summed E-state index contributed by atoms with van der Waals surface area (Å²) in [4.78, 5) is 0. The second-order valence-corrected chi connectivity index (χ2v) is 12.1. The second-order valence-electron chi connectivity index (χ2n) is 12.1. The lowest BCUT2D eigenvalue weighted by Crippen LogP contribution is -1.91. The molecule has 10 aromatic rings. The molecule has 0 N–H and O–H groups in total. The van der Waals surface area contributed by atoms with Crippen LogP contribution in [0.15, 0.2) is 168 Å². The van der Waals surface area contributed by atoms with Gasteiger partial charge in [0.2, 0.25) is 0 Å². The molecule has 3 aromatic heterocycles. The number of para-hydroxylation sites is 3. The normalized spacial score (nSPS) is 11.9. The zero-order valence-electron chi connectivity index (χ0n) is 24.9. The Morgan fingerprint density at radius 2 is 0.913 bits per heavy atom. The Hall–Kier alpha value is -6.12. The molecule has 0 unspecified atom stereocenters. The third kappa shape index (κ3) is 3.53. The van der Waals surface area contributed by atoms with Crippen LogP contribution >= 0.6 is 0 Å². The first-order valence-corrected chi connectivity index (χ1v) is 15.8. The minimum atomic E-state index is 0.916. The van der Waals surface area contributed by atoms with E-state index in [2.05, 4.69) is 168 Å². The highest BCUT2D eigenvalue weighted by Gasteiger charge is 2.21. The van der Waals surface area contributed by atoms with Crippen LogP contribution in [0.25, 0.3) is 93.4 Å². The van der Waals surface area contributed by atoms with Crippen LogP contribution < -0.4 is 0 Å². The summed E-state index contributed by atoms with van der Waals surface area (Å²) in [6, 6.07) is 58.8. The van der Waals surface area contributed by atoms with E-state index in [1.54, 1.807) is 0 Å². The zero-order chi connectivity index (χ0) is 30.2. The molecule has 0 aliphatic heterocycles. The van der Waals surface area contributed by atoms with Crippen LogP contribution in [0.2, 0.25) is 0 Å². The van der Waals surface area contributed by atoms with Gasteiger partial charge in [-0.05, 0) is 34.2 Å². The van der Waals surface area contributed by atoms with Crippen molar-refractivity contribution in [2.45, 2.75) is 0 Å². The molecule has 0 saturated heterocycles. The van der Waals surface area contributed by atoms with Crippen molar-refractivity contribution in [3.63, 3.8) is 0 Å². The van der Waals surface area contributed by atoms with Crippen molar-refractivity contribution in [2.24, 2.45) is 0 Å². The van der Waals surface area contributed by atoms with Gasteiger partial charge < -0.3 is 8.82 Å². The average Bonchev–Trinajstić information content (AvgIpc) is 3.69. The second kappa shape index (κ2) is 9.69. The first kappa shape index (κ1) is 25.2. The number of hydrogen-bond donors (Lipinski definition) is 0. The Kier molecular flexibility index (Phi) is 5.31. The largest absolute Gasteiger partial charge is 0.455 e. The van der Waals surface area contributed by atoms with Gasteiger partial charge >= 0.3 is 0 Å². The van der Waals surface area contributed by atoms with Gasteiger partial charge in [0.25, 0.3) is 0 Å². The molecular weight excluding hydrogens is 558 g/mol. The van der Waals surface area contributed by atoms with Gasteiger partial charge in [0.1, 0.15) is 11.2 Å². The van der Waals surface area contributed by atoms with Gasteiger partial charge in [-0.1, -0.05) is 152 Å². The predicted molar refractivity (Wildman–Crippen MR) is 194 cm³/mol. The van der Waals surface area contributed by atoms with Gasteiger partial charge in [-0.15, -0.1) is 0 Å². The minimum Gasteiger partial charge on any atom is -0.455 e. The van der Waals surface area contributed by atoms with Crippen molar-refractivity contribution in [3.05, 3.63) is 164 Å². The topological polar surface area (TPSA) is 17.6 Å². The fraction of sp³-hybridized carbons (Fsp3) is 0. The molecule has 0 fully saturated rings. The van der Waals surface area contributed by atoms with E-state index < -0.39 is 0 Å². The van der Waals surface area contributed by atoms with E-state index in [9.17, 15) is 0 Å². The van der Waals surface area contributed by atoms with Crippen LogP contribution in [0.3, 0.4) is 0 Å². The Morgan fingerprint density at radius 3 is 1.63 bits per heavy atom. The summed E-state index contributed by atoms with van der Waals surface area (Å²) in [5, 5.41) is 7.28. The predicted octanol–water partition coefficient (Wildman–Crippen LogP) is 12.3. The first-order chi connectivity index (χ1) is 22.8. The van der Waals surface area contributed by atoms with Crippen molar-refractivity contribution < 1.29 is 4.42 Å². The van der Waals surface area contributed by atoms with E-state index in [0.29, 0.717) is 0 Å². The van der Waals surface area contributed by atoms with Crippen LogP contribution in [-0.2, 0) is 0 Å². The van der Waals surface area contributed by atoms with Gasteiger partial charge in [0, 0.05) is 43.6 Å². The van der Waals surface area contributed by atoms with E-state index in [1.165, 1.54) is 49.2 Å². The SMILES string of the molecule is c1ccc(-c2cccc3c2oc2c(-c4ccc5c(-c6ccccc6)c6c7ccccc7c7ccccc7n6c5c4)cccc23)cc1. The molecule has 0 bridgehead atoms. The highest BCUT2D eigenvalue weighted by Crippen LogP contribution is 2.45. The number of pyridine rings is 1. The van der Waals surface area contributed by atoms with E-state index >= 15 is 0 Å². The van der Waals surface area contributed by atoms with Crippen LogP contribution in [0.4, 0.5) is 0 Å². The van der Waals surface area contributed by atoms with Crippen LogP contribution in [0.5, 0.6) is 0 Å². The van der Waals surface area contributed by atoms with Gasteiger partial charge in [-0.3, -0.25) is 0 Å². The Balaban J connectivity index is 1.32. The molecule has 0 aliphatic carbocycles.